The first-order chi connectivity index (χ1) is 16.3. The van der Waals surface area contributed by atoms with Gasteiger partial charge in [0.25, 0.3) is 0 Å². The molecule has 7 heteroatoms. The van der Waals surface area contributed by atoms with Crippen LogP contribution in [-0.4, -0.2) is 64.9 Å². The zero-order chi connectivity index (χ0) is 24.5. The highest BCUT2D eigenvalue weighted by atomic mass is 19.1. The Morgan fingerprint density at radius 2 is 1.97 bits per heavy atom. The second kappa shape index (κ2) is 10.1. The fourth-order valence-corrected chi connectivity index (χ4v) is 6.47. The van der Waals surface area contributed by atoms with Crippen molar-refractivity contribution < 1.29 is 9.18 Å². The van der Waals surface area contributed by atoms with Gasteiger partial charge in [-0.25, -0.2) is 4.39 Å². The van der Waals surface area contributed by atoms with Crippen molar-refractivity contribution in [3.8, 4) is 6.07 Å². The first kappa shape index (κ1) is 24.7. The van der Waals surface area contributed by atoms with Crippen LogP contribution in [0.5, 0.6) is 0 Å². The molecule has 2 saturated heterocycles. The minimum atomic E-state index is -0.376. The van der Waals surface area contributed by atoms with Crippen molar-refractivity contribution in [3.63, 3.8) is 0 Å². The highest BCUT2D eigenvalue weighted by molar-refractivity contribution is 5.85. The first-order valence-electron chi connectivity index (χ1n) is 12.7. The molecule has 0 bridgehead atoms. The van der Waals surface area contributed by atoms with Crippen LogP contribution >= 0.6 is 0 Å². The molecule has 1 aromatic rings. The number of rotatable bonds is 7. The molecule has 1 aliphatic carbocycles. The number of nitrogens with two attached hydrogens (primary N) is 1. The topological polar surface area (TPSA) is 76.6 Å². The quantitative estimate of drug-likeness (QED) is 0.661. The van der Waals surface area contributed by atoms with Crippen molar-refractivity contribution in [2.75, 3.05) is 20.1 Å². The largest absolute Gasteiger partial charge is 0.358 e. The predicted molar refractivity (Wildman–Crippen MR) is 131 cm³/mol. The number of halogens is 1. The standard InChI is InChI=1S/C27H38FN5O/c1-19-16-25(31(3)18-24(30)20(2)32-15-7-8-23(32)17-29)26(34)33(19)27(13-5-4-6-14-27)21-9-11-22(28)12-10-21/h9-12,19,23-25H,2,4-8,13-16,18,30H2,1,3H3/t19-,23?,24?,25?/m1/s1. The summed E-state index contributed by atoms with van der Waals surface area (Å²) in [7, 11) is 1.96. The van der Waals surface area contributed by atoms with Gasteiger partial charge in [-0.3, -0.25) is 9.69 Å². The summed E-state index contributed by atoms with van der Waals surface area (Å²) in [6.07, 6.45) is 7.67. The van der Waals surface area contributed by atoms with Gasteiger partial charge in [0.05, 0.1) is 23.7 Å². The van der Waals surface area contributed by atoms with Crippen LogP contribution in [0.3, 0.4) is 0 Å². The van der Waals surface area contributed by atoms with Crippen molar-refractivity contribution in [2.24, 2.45) is 5.73 Å². The number of hydrogen-bond donors (Lipinski definition) is 1. The van der Waals surface area contributed by atoms with Gasteiger partial charge in [0.15, 0.2) is 0 Å². The summed E-state index contributed by atoms with van der Waals surface area (Å²) in [6.45, 7) is 7.64. The third-order valence-electron chi connectivity index (χ3n) is 8.27. The van der Waals surface area contributed by atoms with Gasteiger partial charge in [0.2, 0.25) is 5.91 Å². The Kier molecular flexibility index (Phi) is 7.30. The Bertz CT molecular complexity index is 935. The summed E-state index contributed by atoms with van der Waals surface area (Å²) in [6, 6.07) is 8.43. The lowest BCUT2D eigenvalue weighted by molar-refractivity contribution is -0.141. The summed E-state index contributed by atoms with van der Waals surface area (Å²) in [4.78, 5) is 20.1. The Hall–Kier alpha value is -2.43. The van der Waals surface area contributed by atoms with Gasteiger partial charge < -0.3 is 15.5 Å². The van der Waals surface area contributed by atoms with E-state index < -0.39 is 0 Å². The number of carbonyl (C=O) groups is 1. The van der Waals surface area contributed by atoms with E-state index in [1.54, 1.807) is 0 Å². The molecule has 0 spiro atoms. The maximum Gasteiger partial charge on any atom is 0.240 e. The third-order valence-corrected chi connectivity index (χ3v) is 8.27. The third kappa shape index (κ3) is 4.46. The number of hydrogen-bond acceptors (Lipinski definition) is 5. The summed E-state index contributed by atoms with van der Waals surface area (Å²) < 4.78 is 13.7. The number of benzene rings is 1. The number of amides is 1. The average molecular weight is 468 g/mol. The molecule has 2 aliphatic heterocycles. The van der Waals surface area contributed by atoms with E-state index in [4.69, 9.17) is 5.73 Å². The Morgan fingerprint density at radius 1 is 1.29 bits per heavy atom. The highest BCUT2D eigenvalue weighted by Crippen LogP contribution is 2.46. The van der Waals surface area contributed by atoms with Crippen LogP contribution in [0.2, 0.25) is 0 Å². The molecule has 4 rings (SSSR count). The summed E-state index contributed by atoms with van der Waals surface area (Å²) in [5.74, 6) is -0.117. The molecule has 0 aromatic heterocycles. The SMILES string of the molecule is C=C(C(N)CN(C)C1C[C@@H](C)N(C2(c3ccc(F)cc3)CCCCC2)C1=O)N1CCCC1C#N. The van der Waals surface area contributed by atoms with Crippen molar-refractivity contribution in [3.05, 3.63) is 47.9 Å². The van der Waals surface area contributed by atoms with Crippen molar-refractivity contribution in [1.82, 2.24) is 14.7 Å². The first-order valence-corrected chi connectivity index (χ1v) is 12.7. The molecule has 184 valence electrons. The average Bonchev–Trinajstić information content (AvgIpc) is 3.43. The van der Waals surface area contributed by atoms with Gasteiger partial charge >= 0.3 is 0 Å². The van der Waals surface area contributed by atoms with Crippen LogP contribution in [0.4, 0.5) is 4.39 Å². The number of carbonyl (C=O) groups excluding carboxylic acids is 1. The van der Waals surface area contributed by atoms with E-state index in [1.165, 1.54) is 18.6 Å². The maximum atomic E-state index is 13.9. The van der Waals surface area contributed by atoms with Crippen LogP contribution in [0.1, 0.15) is 63.9 Å². The number of nitriles is 1. The van der Waals surface area contributed by atoms with E-state index in [1.807, 2.05) is 24.1 Å². The van der Waals surface area contributed by atoms with E-state index in [0.29, 0.717) is 6.54 Å². The Labute approximate surface area is 203 Å². The second-order valence-electron chi connectivity index (χ2n) is 10.4. The van der Waals surface area contributed by atoms with Crippen LogP contribution < -0.4 is 5.73 Å². The zero-order valence-corrected chi connectivity index (χ0v) is 20.5. The monoisotopic (exact) mass is 467 g/mol. The minimum Gasteiger partial charge on any atom is -0.358 e. The molecule has 1 aromatic carbocycles. The van der Waals surface area contributed by atoms with Gasteiger partial charge in [-0.05, 0) is 63.8 Å². The lowest BCUT2D eigenvalue weighted by Crippen LogP contribution is -2.54. The van der Waals surface area contributed by atoms with Crippen molar-refractivity contribution in [1.29, 1.82) is 5.26 Å². The highest BCUT2D eigenvalue weighted by Gasteiger charge is 2.51. The number of nitrogens with zero attached hydrogens (tertiary/aromatic N) is 4. The molecule has 3 fully saturated rings. The van der Waals surface area contributed by atoms with Crippen molar-refractivity contribution in [2.45, 2.75) is 88.0 Å². The van der Waals surface area contributed by atoms with Crippen LogP contribution in [0.25, 0.3) is 0 Å². The summed E-state index contributed by atoms with van der Waals surface area (Å²) in [5.41, 5.74) is 7.96. The van der Waals surface area contributed by atoms with E-state index in [-0.39, 0.29) is 41.4 Å². The van der Waals surface area contributed by atoms with E-state index in [0.717, 1.165) is 62.8 Å². The normalized spacial score (nSPS) is 27.8. The molecule has 3 aliphatic rings. The van der Waals surface area contributed by atoms with E-state index >= 15 is 0 Å². The lowest BCUT2D eigenvalue weighted by atomic mass is 9.75. The smallest absolute Gasteiger partial charge is 0.240 e. The van der Waals surface area contributed by atoms with Crippen LogP contribution in [0.15, 0.2) is 36.5 Å². The molecular weight excluding hydrogens is 429 g/mol. The molecule has 4 atom stereocenters. The lowest BCUT2D eigenvalue weighted by Gasteiger charge is -2.47. The Morgan fingerprint density at radius 3 is 2.62 bits per heavy atom. The summed E-state index contributed by atoms with van der Waals surface area (Å²) >= 11 is 0. The molecule has 2 heterocycles. The summed E-state index contributed by atoms with van der Waals surface area (Å²) in [5, 5.41) is 9.42. The molecule has 6 nitrogen and oxygen atoms in total. The van der Waals surface area contributed by atoms with Crippen LogP contribution in [0, 0.1) is 17.1 Å². The number of likely N-dealkylation sites (N-methyl/N-ethyl adjacent to an activating group) is 1. The Balaban J connectivity index is 1.51. The van der Waals surface area contributed by atoms with E-state index in [9.17, 15) is 14.4 Å². The van der Waals surface area contributed by atoms with Gasteiger partial charge in [0.1, 0.15) is 11.9 Å². The molecule has 1 saturated carbocycles. The van der Waals surface area contributed by atoms with Gasteiger partial charge in [-0.15, -0.1) is 0 Å². The maximum absolute atomic E-state index is 13.9. The predicted octanol–water partition coefficient (Wildman–Crippen LogP) is 3.74. The number of likely N-dealkylation sites (tertiary alicyclic amines) is 2. The van der Waals surface area contributed by atoms with Gasteiger partial charge in [-0.1, -0.05) is 38.0 Å². The fraction of sp³-hybridized carbons (Fsp3) is 0.630. The molecule has 34 heavy (non-hydrogen) atoms. The molecule has 3 unspecified atom stereocenters. The van der Waals surface area contributed by atoms with E-state index in [2.05, 4.69) is 29.4 Å². The minimum absolute atomic E-state index is 0.0871. The fourth-order valence-electron chi connectivity index (χ4n) is 6.47. The van der Waals surface area contributed by atoms with Gasteiger partial charge in [0, 0.05) is 24.8 Å². The van der Waals surface area contributed by atoms with Crippen LogP contribution in [-0.2, 0) is 10.3 Å². The van der Waals surface area contributed by atoms with Crippen molar-refractivity contribution >= 4 is 5.91 Å². The zero-order valence-electron chi connectivity index (χ0n) is 20.5. The molecular formula is C27H38FN5O. The van der Waals surface area contributed by atoms with Gasteiger partial charge in [-0.2, -0.15) is 5.26 Å². The molecule has 2 N–H and O–H groups in total. The molecule has 0 radical (unpaired) electrons. The molecule has 1 amide bonds. The second-order valence-corrected chi connectivity index (χ2v) is 10.4.